The van der Waals surface area contributed by atoms with Crippen LogP contribution in [0.25, 0.3) is 0 Å². The molecule has 2 rings (SSSR count). The van der Waals surface area contributed by atoms with Crippen molar-refractivity contribution < 1.29 is 18.3 Å². The van der Waals surface area contributed by atoms with Gasteiger partial charge in [0.15, 0.2) is 0 Å². The number of hydrogen-bond donors (Lipinski definition) is 2. The lowest BCUT2D eigenvalue weighted by Crippen LogP contribution is -2.47. The minimum Gasteiger partial charge on any atom is -0.480 e. The van der Waals surface area contributed by atoms with Crippen molar-refractivity contribution in [3.63, 3.8) is 0 Å². The summed E-state index contributed by atoms with van der Waals surface area (Å²) in [5.74, 6) is -0.459. The molecule has 1 saturated heterocycles. The zero-order chi connectivity index (χ0) is 15.6. The first kappa shape index (κ1) is 15.8. The fraction of sp³-hybridized carbons (Fsp3) is 0.500. The molecule has 2 atom stereocenters. The maximum absolute atomic E-state index is 11.7. The van der Waals surface area contributed by atoms with E-state index in [1.165, 1.54) is 19.2 Å². The number of carbonyl (C=O) groups is 1. The smallest absolute Gasteiger partial charge is 0.326 e. The molecule has 0 saturated carbocycles. The highest BCUT2D eigenvalue weighted by Crippen LogP contribution is 2.28. The summed E-state index contributed by atoms with van der Waals surface area (Å²) in [4.78, 5) is 13.4. The van der Waals surface area contributed by atoms with Gasteiger partial charge in [-0.25, -0.2) is 17.9 Å². The molecule has 1 heterocycles. The van der Waals surface area contributed by atoms with Crippen LogP contribution in [0.1, 0.15) is 19.8 Å². The van der Waals surface area contributed by atoms with E-state index in [0.29, 0.717) is 18.9 Å². The van der Waals surface area contributed by atoms with Gasteiger partial charge in [0.05, 0.1) is 4.90 Å². The Kier molecular flexibility index (Phi) is 4.53. The third-order valence-electron chi connectivity index (χ3n) is 3.90. The van der Waals surface area contributed by atoms with E-state index in [0.717, 1.165) is 12.1 Å². The van der Waals surface area contributed by atoms with Gasteiger partial charge >= 0.3 is 5.97 Å². The molecule has 1 aliphatic heterocycles. The number of anilines is 1. The Hall–Kier alpha value is -1.60. The number of nitrogens with one attached hydrogen (secondary N) is 1. The van der Waals surface area contributed by atoms with Crippen molar-refractivity contribution in [2.45, 2.75) is 30.7 Å². The van der Waals surface area contributed by atoms with Gasteiger partial charge in [-0.15, -0.1) is 0 Å². The maximum Gasteiger partial charge on any atom is 0.326 e. The quantitative estimate of drug-likeness (QED) is 0.874. The molecule has 0 aliphatic carbocycles. The number of aliphatic carboxylic acids is 1. The highest BCUT2D eigenvalue weighted by molar-refractivity contribution is 7.89. The highest BCUT2D eigenvalue weighted by Gasteiger charge is 2.31. The van der Waals surface area contributed by atoms with Crippen LogP contribution in [0.3, 0.4) is 0 Å². The third-order valence-corrected chi connectivity index (χ3v) is 5.33. The number of piperidine rings is 1. The van der Waals surface area contributed by atoms with Crippen LogP contribution >= 0.6 is 0 Å². The Balaban J connectivity index is 2.27. The standard InChI is InChI=1S/C14H20N2O4S/c1-10-7-8-16(13(9-10)14(17)18)11-3-5-12(6-4-11)21(19,20)15-2/h3-6,10,13,15H,7-9H2,1-2H3,(H,17,18). The Morgan fingerprint density at radius 1 is 1.33 bits per heavy atom. The summed E-state index contributed by atoms with van der Waals surface area (Å²) in [6.45, 7) is 2.71. The van der Waals surface area contributed by atoms with Crippen LogP contribution in [0.5, 0.6) is 0 Å². The molecule has 0 bridgehead atoms. The molecule has 2 N–H and O–H groups in total. The molecule has 7 heteroatoms. The first-order valence-corrected chi connectivity index (χ1v) is 8.36. The molecule has 0 aromatic heterocycles. The second-order valence-electron chi connectivity index (χ2n) is 5.38. The number of nitrogens with zero attached hydrogens (tertiary/aromatic N) is 1. The SMILES string of the molecule is CNS(=O)(=O)c1ccc(N2CCC(C)CC2C(=O)O)cc1. The van der Waals surface area contributed by atoms with Gasteiger partial charge in [0, 0.05) is 12.2 Å². The molecule has 6 nitrogen and oxygen atoms in total. The Morgan fingerprint density at radius 2 is 1.95 bits per heavy atom. The lowest BCUT2D eigenvalue weighted by Gasteiger charge is -2.37. The normalized spacial score (nSPS) is 23.0. The lowest BCUT2D eigenvalue weighted by atomic mass is 9.92. The van der Waals surface area contributed by atoms with Crippen LogP contribution < -0.4 is 9.62 Å². The Bertz CT molecular complexity index is 612. The zero-order valence-electron chi connectivity index (χ0n) is 12.1. The predicted octanol–water partition coefficient (Wildman–Crippen LogP) is 1.28. The lowest BCUT2D eigenvalue weighted by molar-refractivity contribution is -0.139. The number of benzene rings is 1. The molecule has 2 unspecified atom stereocenters. The summed E-state index contributed by atoms with van der Waals surface area (Å²) in [7, 11) is -2.11. The summed E-state index contributed by atoms with van der Waals surface area (Å²) in [6, 6.07) is 5.77. The molecule has 0 radical (unpaired) electrons. The maximum atomic E-state index is 11.7. The molecule has 1 aromatic rings. The molecular weight excluding hydrogens is 292 g/mol. The molecule has 1 aliphatic rings. The topological polar surface area (TPSA) is 86.7 Å². The highest BCUT2D eigenvalue weighted by atomic mass is 32.2. The van der Waals surface area contributed by atoms with E-state index in [-0.39, 0.29) is 4.90 Å². The van der Waals surface area contributed by atoms with Crippen molar-refractivity contribution >= 4 is 21.7 Å². The summed E-state index contributed by atoms with van der Waals surface area (Å²) < 4.78 is 25.6. The van der Waals surface area contributed by atoms with E-state index < -0.39 is 22.0 Å². The molecule has 1 aromatic carbocycles. The second kappa shape index (κ2) is 6.03. The third kappa shape index (κ3) is 3.36. The summed E-state index contributed by atoms with van der Waals surface area (Å²) in [5.41, 5.74) is 0.740. The first-order chi connectivity index (χ1) is 9.85. The molecule has 21 heavy (non-hydrogen) atoms. The van der Waals surface area contributed by atoms with Crippen LogP contribution in [-0.4, -0.2) is 39.1 Å². The number of sulfonamides is 1. The van der Waals surface area contributed by atoms with Gasteiger partial charge in [0.25, 0.3) is 0 Å². The minimum absolute atomic E-state index is 0.172. The Morgan fingerprint density at radius 3 is 2.48 bits per heavy atom. The van der Waals surface area contributed by atoms with Gasteiger partial charge in [0.1, 0.15) is 6.04 Å². The van der Waals surface area contributed by atoms with Crippen molar-refractivity contribution in [3.05, 3.63) is 24.3 Å². The van der Waals surface area contributed by atoms with Crippen molar-refractivity contribution in [1.82, 2.24) is 4.72 Å². The minimum atomic E-state index is -3.47. The van der Waals surface area contributed by atoms with E-state index in [4.69, 9.17) is 0 Å². The fourth-order valence-corrected chi connectivity index (χ4v) is 3.35. The van der Waals surface area contributed by atoms with Gasteiger partial charge in [-0.05, 0) is 50.1 Å². The van der Waals surface area contributed by atoms with Gasteiger partial charge in [-0.1, -0.05) is 6.92 Å². The average molecular weight is 312 g/mol. The van der Waals surface area contributed by atoms with Crippen molar-refractivity contribution in [3.8, 4) is 0 Å². The molecule has 1 fully saturated rings. The molecule has 0 spiro atoms. The summed E-state index contributed by atoms with van der Waals surface area (Å²) in [6.07, 6.45) is 1.53. The van der Waals surface area contributed by atoms with Crippen molar-refractivity contribution in [2.24, 2.45) is 5.92 Å². The number of carboxylic acids is 1. The first-order valence-electron chi connectivity index (χ1n) is 6.88. The largest absolute Gasteiger partial charge is 0.480 e. The van der Waals surface area contributed by atoms with Crippen LogP contribution in [0.15, 0.2) is 29.2 Å². The summed E-state index contributed by atoms with van der Waals surface area (Å²) >= 11 is 0. The van der Waals surface area contributed by atoms with Crippen LogP contribution in [0.4, 0.5) is 5.69 Å². The van der Waals surface area contributed by atoms with E-state index in [9.17, 15) is 18.3 Å². The monoisotopic (exact) mass is 312 g/mol. The predicted molar refractivity (Wildman–Crippen MR) is 79.9 cm³/mol. The number of hydrogen-bond acceptors (Lipinski definition) is 4. The van der Waals surface area contributed by atoms with Crippen LogP contribution in [0, 0.1) is 5.92 Å². The zero-order valence-corrected chi connectivity index (χ0v) is 12.9. The van der Waals surface area contributed by atoms with E-state index in [2.05, 4.69) is 11.6 Å². The average Bonchev–Trinajstić information content (AvgIpc) is 2.47. The van der Waals surface area contributed by atoms with Crippen LogP contribution in [0.2, 0.25) is 0 Å². The van der Waals surface area contributed by atoms with Crippen LogP contribution in [-0.2, 0) is 14.8 Å². The van der Waals surface area contributed by atoms with Crippen molar-refractivity contribution in [2.75, 3.05) is 18.5 Å². The number of carboxylic acid groups (broad SMARTS) is 1. The molecule has 116 valence electrons. The van der Waals surface area contributed by atoms with E-state index in [1.54, 1.807) is 12.1 Å². The van der Waals surface area contributed by atoms with Gasteiger partial charge < -0.3 is 10.0 Å². The van der Waals surface area contributed by atoms with E-state index in [1.807, 2.05) is 4.90 Å². The van der Waals surface area contributed by atoms with Crippen molar-refractivity contribution in [1.29, 1.82) is 0 Å². The molecule has 0 amide bonds. The fourth-order valence-electron chi connectivity index (χ4n) is 2.62. The second-order valence-corrected chi connectivity index (χ2v) is 7.26. The number of rotatable bonds is 4. The van der Waals surface area contributed by atoms with Gasteiger partial charge in [-0.2, -0.15) is 0 Å². The van der Waals surface area contributed by atoms with Gasteiger partial charge in [0.2, 0.25) is 10.0 Å². The van der Waals surface area contributed by atoms with E-state index >= 15 is 0 Å². The summed E-state index contributed by atoms with van der Waals surface area (Å²) in [5, 5.41) is 9.36. The Labute approximate surface area is 124 Å². The molecular formula is C14H20N2O4S. The van der Waals surface area contributed by atoms with Gasteiger partial charge in [-0.3, -0.25) is 0 Å².